The van der Waals surface area contributed by atoms with Crippen LogP contribution in [0.1, 0.15) is 206 Å². The van der Waals surface area contributed by atoms with E-state index in [4.69, 9.17) is 13.8 Å². The van der Waals surface area contributed by atoms with E-state index in [0.717, 1.165) is 36.9 Å². The molecule has 294 valence electrons. The van der Waals surface area contributed by atoms with Gasteiger partial charge in [0, 0.05) is 12.5 Å². The van der Waals surface area contributed by atoms with Gasteiger partial charge in [-0.05, 0) is 25.7 Å². The molecule has 0 aliphatic carbocycles. The van der Waals surface area contributed by atoms with Crippen LogP contribution in [0.25, 0.3) is 0 Å². The lowest BCUT2D eigenvalue weighted by atomic mass is 9.97. The van der Waals surface area contributed by atoms with Gasteiger partial charge in [0.1, 0.15) is 13.2 Å². The van der Waals surface area contributed by atoms with Crippen LogP contribution in [-0.2, 0) is 13.8 Å². The number of quaternary nitrogens is 1. The Balaban J connectivity index is 4.09. The summed E-state index contributed by atoms with van der Waals surface area (Å²) >= 11 is 0. The lowest BCUT2D eigenvalue weighted by molar-refractivity contribution is -0.870. The first-order valence-corrected chi connectivity index (χ1v) is 22.7. The van der Waals surface area contributed by atoms with Gasteiger partial charge < -0.3 is 23.2 Å². The van der Waals surface area contributed by atoms with Crippen molar-refractivity contribution in [3.05, 3.63) is 12.2 Å². The summed E-state index contributed by atoms with van der Waals surface area (Å²) in [6.45, 7) is 12.3. The molecule has 0 amide bonds. The van der Waals surface area contributed by atoms with Crippen molar-refractivity contribution < 1.29 is 23.2 Å². The molecule has 0 aromatic heterocycles. The number of unbranched alkanes of at least 4 members (excludes halogenated alkanes) is 26. The van der Waals surface area contributed by atoms with Gasteiger partial charge in [0.25, 0.3) is 0 Å². The van der Waals surface area contributed by atoms with Crippen LogP contribution < -0.4 is 0 Å². The molecule has 0 spiro atoms. The van der Waals surface area contributed by atoms with Crippen molar-refractivity contribution in [1.29, 1.82) is 0 Å². The van der Waals surface area contributed by atoms with E-state index in [1.165, 1.54) is 179 Å². The lowest BCUT2D eigenvalue weighted by Crippen LogP contribution is -2.37. The Morgan fingerprint density at radius 3 is 1.33 bits per heavy atom. The minimum absolute atomic E-state index is 0.213. The van der Waals surface area contributed by atoms with Gasteiger partial charge in [0.05, 0.1) is 34.4 Å². The van der Waals surface area contributed by atoms with E-state index in [1.807, 2.05) is 0 Å². The third-order valence-corrected chi connectivity index (χ3v) is 10.6. The fraction of sp³-hybridized carbons (Fsp3) is 0.953. The van der Waals surface area contributed by atoms with Crippen molar-refractivity contribution in [2.45, 2.75) is 206 Å². The number of nitrogens with zero attached hydrogens (tertiary/aromatic N) is 1. The molecule has 5 nitrogen and oxygen atoms in total. The second-order valence-corrected chi connectivity index (χ2v) is 17.2. The summed E-state index contributed by atoms with van der Waals surface area (Å²) in [5, 5.41) is 0. The van der Waals surface area contributed by atoms with Crippen molar-refractivity contribution in [2.75, 3.05) is 54.1 Å². The van der Waals surface area contributed by atoms with Crippen LogP contribution in [-0.4, -0.2) is 63.5 Å². The first-order chi connectivity index (χ1) is 23.8. The van der Waals surface area contributed by atoms with Gasteiger partial charge in [-0.2, -0.15) is 0 Å². The van der Waals surface area contributed by atoms with E-state index in [2.05, 4.69) is 41.6 Å². The van der Waals surface area contributed by atoms with Crippen LogP contribution >= 0.6 is 8.60 Å². The number of ether oxygens (including phenoxy) is 1. The maximum Gasteiger partial charge on any atom is 0.330 e. The lowest BCUT2D eigenvalue weighted by Gasteiger charge is -2.24. The second-order valence-electron chi connectivity index (χ2n) is 16.2. The summed E-state index contributed by atoms with van der Waals surface area (Å²) in [7, 11) is 4.52. The Labute approximate surface area is 309 Å². The minimum Gasteiger partial charge on any atom is -0.381 e. The molecule has 0 aliphatic rings. The number of rotatable bonds is 41. The number of allylic oxidation sites excluding steroid dienone is 1. The summed E-state index contributed by atoms with van der Waals surface area (Å²) in [4.78, 5) is 10.3. The van der Waals surface area contributed by atoms with Gasteiger partial charge in [0.2, 0.25) is 0 Å². The summed E-state index contributed by atoms with van der Waals surface area (Å²) < 4.78 is 18.3. The smallest absolute Gasteiger partial charge is 0.330 e. The van der Waals surface area contributed by atoms with Crippen LogP contribution in [0.2, 0.25) is 0 Å². The summed E-state index contributed by atoms with van der Waals surface area (Å²) in [5.74, 6) is 0.213. The highest BCUT2D eigenvalue weighted by Crippen LogP contribution is 2.34. The first-order valence-electron chi connectivity index (χ1n) is 21.6. The largest absolute Gasteiger partial charge is 0.381 e. The Hall–Kier alpha value is -0.0300. The van der Waals surface area contributed by atoms with Crippen LogP contribution in [0.3, 0.4) is 0 Å². The molecule has 0 rings (SSSR count). The van der Waals surface area contributed by atoms with Gasteiger partial charge in [0.15, 0.2) is 0 Å². The Morgan fingerprint density at radius 2 is 0.918 bits per heavy atom. The van der Waals surface area contributed by atoms with Crippen LogP contribution in [0, 0.1) is 5.92 Å². The van der Waals surface area contributed by atoms with E-state index in [1.54, 1.807) is 0 Å². The maximum atomic E-state index is 10.3. The SMILES string of the molecule is C=C(CCCCCCCCCCCCCCCC)CC(COCCCCCCCCCCCCCCCC)COP(O)OCC[N+](C)(C)C. The van der Waals surface area contributed by atoms with E-state index < -0.39 is 8.60 Å². The zero-order valence-corrected chi connectivity index (χ0v) is 35.0. The molecule has 1 N–H and O–H groups in total. The Morgan fingerprint density at radius 1 is 0.531 bits per heavy atom. The molecule has 0 aromatic rings. The Kier molecular flexibility index (Phi) is 37.7. The molecule has 0 bridgehead atoms. The molecule has 2 unspecified atom stereocenters. The van der Waals surface area contributed by atoms with Gasteiger partial charge in [-0.15, -0.1) is 0 Å². The molecule has 2 atom stereocenters. The van der Waals surface area contributed by atoms with E-state index in [0.29, 0.717) is 19.8 Å². The predicted molar refractivity (Wildman–Crippen MR) is 217 cm³/mol. The topological polar surface area (TPSA) is 47.9 Å². The third-order valence-electron chi connectivity index (χ3n) is 9.84. The highest BCUT2D eigenvalue weighted by Gasteiger charge is 2.17. The zero-order valence-electron chi connectivity index (χ0n) is 34.1. The molecule has 0 saturated heterocycles. The van der Waals surface area contributed by atoms with Gasteiger partial charge in [-0.3, -0.25) is 0 Å². The average molecular weight is 715 g/mol. The minimum atomic E-state index is -1.85. The average Bonchev–Trinajstić information content (AvgIpc) is 3.06. The molecule has 0 fully saturated rings. The molecule has 0 radical (unpaired) electrons. The molecule has 0 aromatic carbocycles. The van der Waals surface area contributed by atoms with E-state index in [-0.39, 0.29) is 5.92 Å². The van der Waals surface area contributed by atoms with Crippen LogP contribution in [0.5, 0.6) is 0 Å². The Bertz CT molecular complexity index is 671. The molecule has 0 aliphatic heterocycles. The molecular weight excluding hydrogens is 625 g/mol. The molecule has 6 heteroatoms. The van der Waals surface area contributed by atoms with Gasteiger partial charge >= 0.3 is 8.60 Å². The highest BCUT2D eigenvalue weighted by molar-refractivity contribution is 7.40. The fourth-order valence-corrected chi connectivity index (χ4v) is 7.14. The number of likely N-dealkylation sites (N-methyl/N-ethyl adjacent to an activating group) is 1. The monoisotopic (exact) mass is 715 g/mol. The van der Waals surface area contributed by atoms with Crippen molar-refractivity contribution >= 4 is 8.60 Å². The van der Waals surface area contributed by atoms with Crippen molar-refractivity contribution in [1.82, 2.24) is 0 Å². The molecule has 49 heavy (non-hydrogen) atoms. The van der Waals surface area contributed by atoms with Gasteiger partial charge in [-0.25, -0.2) is 0 Å². The molecular formula is C43H89NO4P+. The number of hydrogen-bond acceptors (Lipinski definition) is 4. The summed E-state index contributed by atoms with van der Waals surface area (Å²) in [6.07, 6.45) is 40.6. The normalized spacial score (nSPS) is 13.3. The maximum absolute atomic E-state index is 10.3. The fourth-order valence-electron chi connectivity index (χ4n) is 6.49. The highest BCUT2D eigenvalue weighted by atomic mass is 31.2. The number of hydrogen-bond donors (Lipinski definition) is 1. The predicted octanol–water partition coefficient (Wildman–Crippen LogP) is 13.9. The standard InChI is InChI=1S/C43H89NO4P/c1-7-9-11-13-15-17-19-21-23-25-27-29-31-33-35-42(3)39-43(41-48-49(45)47-38-36-44(4,5)6)40-46-37-34-32-30-28-26-24-22-20-18-16-14-12-10-8-2/h43,45H,3,7-41H2,1-2,4-6H3/q+1. The van der Waals surface area contributed by atoms with Crippen molar-refractivity contribution in [3.8, 4) is 0 Å². The summed E-state index contributed by atoms with van der Waals surface area (Å²) in [6, 6.07) is 0. The van der Waals surface area contributed by atoms with Crippen LogP contribution in [0.4, 0.5) is 0 Å². The van der Waals surface area contributed by atoms with E-state index in [9.17, 15) is 4.89 Å². The first kappa shape index (κ1) is 49.0. The summed E-state index contributed by atoms with van der Waals surface area (Å²) in [5.41, 5.74) is 1.29. The third kappa shape index (κ3) is 40.6. The van der Waals surface area contributed by atoms with Gasteiger partial charge in [-0.1, -0.05) is 193 Å². The second kappa shape index (κ2) is 37.7. The quantitative estimate of drug-likeness (QED) is 0.0296. The van der Waals surface area contributed by atoms with Crippen molar-refractivity contribution in [3.63, 3.8) is 0 Å². The van der Waals surface area contributed by atoms with Crippen LogP contribution in [0.15, 0.2) is 12.2 Å². The van der Waals surface area contributed by atoms with Crippen molar-refractivity contribution in [2.24, 2.45) is 5.92 Å². The zero-order chi connectivity index (χ0) is 36.1. The molecule has 0 saturated carbocycles. The van der Waals surface area contributed by atoms with E-state index >= 15 is 0 Å². The molecule has 0 heterocycles.